The van der Waals surface area contributed by atoms with Crippen LogP contribution in [-0.2, 0) is 21.4 Å². The van der Waals surface area contributed by atoms with Crippen LogP contribution in [0.5, 0.6) is 5.75 Å². The second-order valence-electron chi connectivity index (χ2n) is 18.5. The Labute approximate surface area is 415 Å². The van der Waals surface area contributed by atoms with E-state index in [1.54, 1.807) is 43.5 Å². The molecule has 1 aliphatic heterocycles. The molecule has 1 aliphatic carbocycles. The number of Topliss-reactive ketones (excluding diaryl/α,β-unsaturated/α-hetero) is 1. The van der Waals surface area contributed by atoms with Gasteiger partial charge in [-0.15, -0.1) is 24.3 Å². The standard InChI is InChI=1S/C60H59FN3O5S.Cf/c1-6-7-9-38(2)55(68)37-70-58(40(4)42-19-26-51(65)27-20-42)53(66)33-41-11-13-43(14-12-41)46-29-30-60(5,34-46)48-21-15-45(16-22-48)57-56(63-36-54(67)44-17-23-49(61)24-18-44)59(69)64(57)50-25-28-52(39(3)32-50)47-10-8-31-62-35-47;/h7-32,34-35,40,54-58,63,65,67-68H,33,36-37H2,1-5H3;/q-1;/b38-9+;/t40?,54?,55?,56-,57?,58-,60?;/m1./s1. The van der Waals surface area contributed by atoms with Gasteiger partial charge in [-0.25, -0.2) is 16.5 Å². The minimum atomic E-state index is -0.936. The van der Waals surface area contributed by atoms with Gasteiger partial charge >= 0.3 is 0 Å². The number of aromatic hydroxyl groups is 1. The van der Waals surface area contributed by atoms with Gasteiger partial charge in [0.05, 0.1) is 23.5 Å². The van der Waals surface area contributed by atoms with E-state index in [1.807, 2.05) is 92.5 Å². The molecule has 71 heavy (non-hydrogen) atoms. The number of anilines is 1. The van der Waals surface area contributed by atoms with Gasteiger partial charge in [0.1, 0.15) is 17.6 Å². The second-order valence-corrected chi connectivity index (χ2v) is 19.7. The van der Waals surface area contributed by atoms with Crippen molar-refractivity contribution in [1.82, 2.24) is 10.3 Å². The molecule has 11 heteroatoms. The van der Waals surface area contributed by atoms with Gasteiger partial charge in [0, 0.05) is 47.8 Å². The summed E-state index contributed by atoms with van der Waals surface area (Å²) in [6.07, 6.45) is 15.3. The van der Waals surface area contributed by atoms with Crippen molar-refractivity contribution in [3.8, 4) is 16.9 Å². The number of hydrogen-bond donors (Lipinski definition) is 4. The van der Waals surface area contributed by atoms with Gasteiger partial charge in [-0.05, 0) is 112 Å². The Morgan fingerprint density at radius 2 is 1.65 bits per heavy atom. The summed E-state index contributed by atoms with van der Waals surface area (Å²) in [5.74, 6) is -0.0461. The number of allylic oxidation sites excluding steroid dienone is 7. The van der Waals surface area contributed by atoms with Crippen molar-refractivity contribution in [3.63, 3.8) is 0 Å². The quantitative estimate of drug-likeness (QED) is 0.0359. The molecular formula is C60H59CfFN3O5S-. The number of halogens is 1. The summed E-state index contributed by atoms with van der Waals surface area (Å²) in [6, 6.07) is 38.2. The van der Waals surface area contributed by atoms with Crippen molar-refractivity contribution in [2.45, 2.75) is 81.9 Å². The van der Waals surface area contributed by atoms with E-state index in [0.29, 0.717) is 11.3 Å². The number of aliphatic hydroxyl groups excluding tert-OH is 2. The molecule has 2 aliphatic rings. The van der Waals surface area contributed by atoms with Gasteiger partial charge in [-0.1, -0.05) is 117 Å². The molecule has 6 aromatic rings. The third kappa shape index (κ3) is 11.5. The van der Waals surface area contributed by atoms with Gasteiger partial charge in [0.25, 0.3) is 0 Å². The topological polar surface area (TPSA) is 123 Å². The van der Waals surface area contributed by atoms with Gasteiger partial charge in [-0.2, -0.15) is 0 Å². The zero-order valence-electron chi connectivity index (χ0n) is 40.4. The molecule has 1 aromatic heterocycles. The minimum absolute atomic E-state index is 0. The van der Waals surface area contributed by atoms with Crippen LogP contribution >= 0.6 is 11.8 Å². The first-order valence-corrected chi connectivity index (χ1v) is 24.7. The first-order chi connectivity index (χ1) is 33.7. The number of phenolic OH excluding ortho intramolecular Hbond substituents is 1. The van der Waals surface area contributed by atoms with Crippen LogP contribution in [0.4, 0.5) is 10.1 Å². The van der Waals surface area contributed by atoms with Crippen molar-refractivity contribution < 1.29 is 29.3 Å². The fourth-order valence-corrected chi connectivity index (χ4v) is 10.7. The summed E-state index contributed by atoms with van der Waals surface area (Å²) < 4.78 is 13.6. The van der Waals surface area contributed by atoms with Gasteiger partial charge < -0.3 is 25.5 Å². The Balaban J connectivity index is 0.00000741. The first-order valence-electron chi connectivity index (χ1n) is 23.6. The Bertz CT molecular complexity index is 2920. The number of pyridine rings is 1. The molecule has 5 unspecified atom stereocenters. The molecule has 1 amide bonds. The summed E-state index contributed by atoms with van der Waals surface area (Å²) in [7, 11) is 0. The molecule has 0 spiro atoms. The molecule has 1 saturated heterocycles. The van der Waals surface area contributed by atoms with Crippen LogP contribution in [0.15, 0.2) is 176 Å². The molecule has 8 rings (SSSR count). The number of amides is 1. The summed E-state index contributed by atoms with van der Waals surface area (Å²) in [5, 5.41) is 34.7. The Morgan fingerprint density at radius 1 is 0.944 bits per heavy atom. The maximum absolute atomic E-state index is 14.1. The molecule has 4 N–H and O–H groups in total. The normalized spacial score (nSPS) is 19.4. The maximum Gasteiger partial charge on any atom is 0.247 e. The summed E-state index contributed by atoms with van der Waals surface area (Å²) in [4.78, 5) is 34.3. The molecule has 7 atom stereocenters. The van der Waals surface area contributed by atoms with Crippen LogP contribution in [0.25, 0.3) is 16.7 Å². The van der Waals surface area contributed by atoms with Crippen LogP contribution in [0.3, 0.4) is 0 Å². The maximum atomic E-state index is 14.1. The van der Waals surface area contributed by atoms with Crippen molar-refractivity contribution in [2.24, 2.45) is 0 Å². The number of carbonyl (C=O) groups excluding carboxylic acids is 2. The Kier molecular flexibility index (Phi) is 16.1. The zero-order chi connectivity index (χ0) is 49.5. The number of aryl methyl sites for hydroxylation is 1. The third-order valence-electron chi connectivity index (χ3n) is 13.6. The number of aromatic nitrogens is 1. The van der Waals surface area contributed by atoms with Crippen LogP contribution in [0.2, 0.25) is 0 Å². The monoisotopic (exact) mass is 1200 g/mol. The number of phenols is 1. The SMILES string of the molecule is C[C-]=C/C=C(\C)C(O)CS[C@@H](C(=O)Cc1ccc(C2=CC(C)(c3ccc(C4[C@@H](NCC(O)c5ccc(F)cc5)C(=O)N4c4ccc(-c5cccnc5)c(C)c4)cc3)C=C2)cc1)C(C)c1ccc(O)cc1.[Cf]. The number of hydrogen-bond acceptors (Lipinski definition) is 8. The number of rotatable bonds is 19. The van der Waals surface area contributed by atoms with Crippen molar-refractivity contribution >= 4 is 34.7 Å². The number of benzene rings is 5. The molecule has 1 fully saturated rings. The van der Waals surface area contributed by atoms with Gasteiger partial charge in [-0.3, -0.25) is 20.6 Å². The van der Waals surface area contributed by atoms with E-state index in [2.05, 4.69) is 77.9 Å². The molecular weight excluding hydrogens is 1140 g/mol. The molecule has 5 aromatic carbocycles. The number of β-lactam (4-membered cyclic amide) rings is 1. The van der Waals surface area contributed by atoms with Crippen LogP contribution in [0, 0.1) is 18.8 Å². The Morgan fingerprint density at radius 3 is 2.31 bits per heavy atom. The van der Waals surface area contributed by atoms with Crippen LogP contribution < -0.4 is 10.2 Å². The van der Waals surface area contributed by atoms with Crippen LogP contribution in [-0.4, -0.2) is 61.7 Å². The van der Waals surface area contributed by atoms with E-state index in [4.69, 9.17) is 0 Å². The summed E-state index contributed by atoms with van der Waals surface area (Å²) >= 11 is 1.46. The smallest absolute Gasteiger partial charge is 0.247 e. The number of aliphatic hydroxyl groups is 2. The average Bonchev–Trinajstić information content (AvgIpc) is 3.78. The fraction of sp³-hybridized carbons (Fsp3) is 0.250. The number of carbonyl (C=O) groups is 2. The van der Waals surface area contributed by atoms with E-state index in [-0.39, 0.29) is 48.2 Å². The van der Waals surface area contributed by atoms with Crippen molar-refractivity contribution in [3.05, 3.63) is 227 Å². The molecule has 0 saturated carbocycles. The molecule has 0 radical (unpaired) electrons. The second kappa shape index (κ2) is 22.4. The van der Waals surface area contributed by atoms with Gasteiger partial charge in [0.15, 0.2) is 5.78 Å². The number of thioether (sulfide) groups is 1. The fourth-order valence-electron chi connectivity index (χ4n) is 9.32. The van der Waals surface area contributed by atoms with Gasteiger partial charge in [0.2, 0.25) is 5.91 Å². The Hall–Kier alpha value is -7.69. The summed E-state index contributed by atoms with van der Waals surface area (Å²) in [6.45, 7) is 10.0. The molecule has 2 heterocycles. The van der Waals surface area contributed by atoms with E-state index < -0.39 is 28.9 Å². The van der Waals surface area contributed by atoms with E-state index in [9.17, 15) is 29.3 Å². The summed E-state index contributed by atoms with van der Waals surface area (Å²) in [5.41, 5.74) is 10.7. The van der Waals surface area contributed by atoms with E-state index >= 15 is 0 Å². The van der Waals surface area contributed by atoms with E-state index in [1.165, 1.54) is 23.9 Å². The van der Waals surface area contributed by atoms with Crippen LogP contribution in [0.1, 0.15) is 84.7 Å². The molecule has 0 bridgehead atoms. The predicted octanol–water partition coefficient (Wildman–Crippen LogP) is 11.3. The number of nitrogens with zero attached hydrogens (tertiary/aromatic N) is 2. The minimum Gasteiger partial charge on any atom is -0.508 e. The average molecular weight is 1200 g/mol. The molecule has 8 nitrogen and oxygen atoms in total. The third-order valence-corrected chi connectivity index (χ3v) is 15.1. The first kappa shape index (κ1) is 51.2. The predicted molar refractivity (Wildman–Crippen MR) is 280 cm³/mol. The number of ketones is 1. The number of nitrogens with one attached hydrogen (secondary N) is 1. The largest absolute Gasteiger partial charge is 0.508 e. The zero-order valence-corrected chi connectivity index (χ0v) is 43.9. The van der Waals surface area contributed by atoms with Crippen molar-refractivity contribution in [1.29, 1.82) is 0 Å². The van der Waals surface area contributed by atoms with E-state index in [0.717, 1.165) is 61.3 Å². The van der Waals surface area contributed by atoms with Crippen molar-refractivity contribution in [2.75, 3.05) is 17.2 Å². The molecule has 368 valence electrons.